The average Bonchev–Trinajstić information content (AvgIpc) is 3.08. The number of hydrogen-bond donors (Lipinski definition) is 1. The third-order valence-corrected chi connectivity index (χ3v) is 5.98. The van der Waals surface area contributed by atoms with E-state index in [-0.39, 0.29) is 29.5 Å². The lowest BCUT2D eigenvalue weighted by molar-refractivity contribution is -0.123. The average molecular weight is 497 g/mol. The van der Waals surface area contributed by atoms with Crippen molar-refractivity contribution in [3.05, 3.63) is 99.7 Å². The molecular formula is C25H18ClFN2O4S. The van der Waals surface area contributed by atoms with Crippen LogP contribution in [0.2, 0.25) is 5.02 Å². The van der Waals surface area contributed by atoms with E-state index in [0.29, 0.717) is 22.0 Å². The molecule has 0 aromatic heterocycles. The van der Waals surface area contributed by atoms with E-state index in [1.54, 1.807) is 48.5 Å². The third kappa shape index (κ3) is 5.65. The number of para-hydroxylation sites is 1. The minimum Gasteiger partial charge on any atom is -0.483 e. The molecule has 3 aromatic rings. The van der Waals surface area contributed by atoms with Gasteiger partial charge in [-0.2, -0.15) is 0 Å². The predicted molar refractivity (Wildman–Crippen MR) is 130 cm³/mol. The number of anilines is 1. The van der Waals surface area contributed by atoms with E-state index < -0.39 is 17.0 Å². The van der Waals surface area contributed by atoms with Crippen LogP contribution in [-0.2, 0) is 16.1 Å². The fourth-order valence-electron chi connectivity index (χ4n) is 3.20. The van der Waals surface area contributed by atoms with E-state index in [1.165, 1.54) is 24.3 Å². The minimum absolute atomic E-state index is 0.141. The Labute approximate surface area is 204 Å². The quantitative estimate of drug-likeness (QED) is 0.422. The van der Waals surface area contributed by atoms with Gasteiger partial charge >= 0.3 is 0 Å². The molecule has 0 radical (unpaired) electrons. The van der Waals surface area contributed by atoms with Gasteiger partial charge in [0.1, 0.15) is 11.6 Å². The number of rotatable bonds is 7. The number of nitrogens with one attached hydrogen (secondary N) is 1. The Morgan fingerprint density at radius 2 is 1.79 bits per heavy atom. The van der Waals surface area contributed by atoms with E-state index >= 15 is 0 Å². The van der Waals surface area contributed by atoms with Gasteiger partial charge in [-0.15, -0.1) is 0 Å². The van der Waals surface area contributed by atoms with Gasteiger partial charge in [0.25, 0.3) is 17.1 Å². The molecule has 34 heavy (non-hydrogen) atoms. The largest absolute Gasteiger partial charge is 0.483 e. The Morgan fingerprint density at radius 3 is 2.56 bits per heavy atom. The van der Waals surface area contributed by atoms with Gasteiger partial charge in [0.2, 0.25) is 0 Å². The molecule has 172 valence electrons. The van der Waals surface area contributed by atoms with Crippen LogP contribution in [0.3, 0.4) is 0 Å². The van der Waals surface area contributed by atoms with Gasteiger partial charge in [0, 0.05) is 21.8 Å². The zero-order valence-corrected chi connectivity index (χ0v) is 19.2. The van der Waals surface area contributed by atoms with Gasteiger partial charge in [-0.25, -0.2) is 4.39 Å². The standard InChI is InChI=1S/C25H18ClFN2O4S/c26-18-10-11-21(33-15-23(30)28-19-7-2-1-3-8-19)17(12-18)13-22-24(31)29(25(32)34-22)14-16-6-4-5-9-20(16)27/h1-13H,14-15H2,(H,28,30)/b22-13-. The summed E-state index contributed by atoms with van der Waals surface area (Å²) in [7, 11) is 0. The topological polar surface area (TPSA) is 75.7 Å². The normalized spacial score (nSPS) is 14.5. The van der Waals surface area contributed by atoms with Crippen LogP contribution in [0.5, 0.6) is 5.75 Å². The van der Waals surface area contributed by atoms with Crippen LogP contribution in [0.15, 0.2) is 77.7 Å². The number of amides is 3. The van der Waals surface area contributed by atoms with Crippen LogP contribution in [0.25, 0.3) is 6.08 Å². The molecule has 6 nitrogen and oxygen atoms in total. The van der Waals surface area contributed by atoms with Crippen LogP contribution in [0.4, 0.5) is 14.9 Å². The highest BCUT2D eigenvalue weighted by Gasteiger charge is 2.35. The van der Waals surface area contributed by atoms with Crippen LogP contribution in [0.1, 0.15) is 11.1 Å². The second-order valence-electron chi connectivity index (χ2n) is 7.24. The van der Waals surface area contributed by atoms with Crippen molar-refractivity contribution in [2.24, 2.45) is 0 Å². The van der Waals surface area contributed by atoms with Crippen LogP contribution < -0.4 is 10.1 Å². The van der Waals surface area contributed by atoms with E-state index in [0.717, 1.165) is 16.7 Å². The highest BCUT2D eigenvalue weighted by atomic mass is 35.5. The lowest BCUT2D eigenvalue weighted by Crippen LogP contribution is -2.27. The molecule has 0 bridgehead atoms. The van der Waals surface area contributed by atoms with Gasteiger partial charge in [-0.1, -0.05) is 48.0 Å². The monoisotopic (exact) mass is 496 g/mol. The number of hydrogen-bond acceptors (Lipinski definition) is 5. The molecule has 4 rings (SSSR count). The Bertz CT molecular complexity index is 1280. The van der Waals surface area contributed by atoms with Crippen molar-refractivity contribution in [1.29, 1.82) is 0 Å². The maximum absolute atomic E-state index is 14.0. The molecule has 0 unspecified atom stereocenters. The molecule has 3 amide bonds. The number of carbonyl (C=O) groups is 3. The fourth-order valence-corrected chi connectivity index (χ4v) is 4.21. The lowest BCUT2D eigenvalue weighted by Gasteiger charge is -2.13. The maximum atomic E-state index is 14.0. The number of thioether (sulfide) groups is 1. The van der Waals surface area contributed by atoms with Crippen LogP contribution >= 0.6 is 23.4 Å². The highest BCUT2D eigenvalue weighted by molar-refractivity contribution is 8.18. The summed E-state index contributed by atoms with van der Waals surface area (Å²) in [6.07, 6.45) is 1.47. The SMILES string of the molecule is O=C(COc1ccc(Cl)cc1/C=C1\SC(=O)N(Cc2ccccc2F)C1=O)Nc1ccccc1. The second kappa shape index (κ2) is 10.5. The first-order chi connectivity index (χ1) is 16.4. The van der Waals surface area contributed by atoms with Crippen molar-refractivity contribution < 1.29 is 23.5 Å². The third-order valence-electron chi connectivity index (χ3n) is 4.83. The van der Waals surface area contributed by atoms with Crippen molar-refractivity contribution in [3.8, 4) is 5.75 Å². The van der Waals surface area contributed by atoms with Crippen molar-refractivity contribution in [2.45, 2.75) is 6.54 Å². The molecule has 1 saturated heterocycles. The molecular weight excluding hydrogens is 479 g/mol. The first-order valence-electron chi connectivity index (χ1n) is 10.2. The summed E-state index contributed by atoms with van der Waals surface area (Å²) < 4.78 is 19.6. The summed E-state index contributed by atoms with van der Waals surface area (Å²) in [5.41, 5.74) is 1.30. The molecule has 3 aromatic carbocycles. The van der Waals surface area contributed by atoms with Crippen LogP contribution in [-0.4, -0.2) is 28.6 Å². The molecule has 9 heteroatoms. The fraction of sp³-hybridized carbons (Fsp3) is 0.0800. The van der Waals surface area contributed by atoms with Gasteiger partial charge in [0.15, 0.2) is 6.61 Å². The van der Waals surface area contributed by atoms with Crippen molar-refractivity contribution in [1.82, 2.24) is 4.90 Å². The number of nitrogens with zero attached hydrogens (tertiary/aromatic N) is 1. The number of halogens is 2. The van der Waals surface area contributed by atoms with Crippen molar-refractivity contribution in [2.75, 3.05) is 11.9 Å². The van der Waals surface area contributed by atoms with Gasteiger partial charge in [-0.05, 0) is 54.2 Å². The number of imide groups is 1. The Morgan fingerprint density at radius 1 is 1.06 bits per heavy atom. The van der Waals surface area contributed by atoms with Gasteiger partial charge in [0.05, 0.1) is 11.4 Å². The lowest BCUT2D eigenvalue weighted by atomic mass is 10.1. The Balaban J connectivity index is 1.49. The van der Waals surface area contributed by atoms with E-state index in [9.17, 15) is 18.8 Å². The van der Waals surface area contributed by atoms with Crippen LogP contribution in [0, 0.1) is 5.82 Å². The summed E-state index contributed by atoms with van der Waals surface area (Å²) in [6, 6.07) is 19.6. The number of carbonyl (C=O) groups excluding carboxylic acids is 3. The van der Waals surface area contributed by atoms with E-state index in [4.69, 9.17) is 16.3 Å². The molecule has 0 aliphatic carbocycles. The number of ether oxygens (including phenoxy) is 1. The summed E-state index contributed by atoms with van der Waals surface area (Å²) in [4.78, 5) is 38.6. The summed E-state index contributed by atoms with van der Waals surface area (Å²) in [5.74, 6) is -1.10. The molecule has 1 N–H and O–H groups in total. The molecule has 1 fully saturated rings. The highest BCUT2D eigenvalue weighted by Crippen LogP contribution is 2.35. The summed E-state index contributed by atoms with van der Waals surface area (Å²) in [6.45, 7) is -0.445. The molecule has 1 heterocycles. The molecule has 0 saturated carbocycles. The van der Waals surface area contributed by atoms with E-state index in [2.05, 4.69) is 5.32 Å². The smallest absolute Gasteiger partial charge is 0.293 e. The molecule has 1 aliphatic heterocycles. The van der Waals surface area contributed by atoms with Gasteiger partial charge < -0.3 is 10.1 Å². The first-order valence-corrected chi connectivity index (χ1v) is 11.4. The maximum Gasteiger partial charge on any atom is 0.293 e. The Kier molecular flexibility index (Phi) is 7.30. The minimum atomic E-state index is -0.550. The predicted octanol–water partition coefficient (Wildman–Crippen LogP) is 5.73. The van der Waals surface area contributed by atoms with Gasteiger partial charge in [-0.3, -0.25) is 19.3 Å². The first kappa shape index (κ1) is 23.5. The van der Waals surface area contributed by atoms with Crippen molar-refractivity contribution >= 4 is 52.2 Å². The summed E-state index contributed by atoms with van der Waals surface area (Å²) >= 11 is 6.86. The number of benzene rings is 3. The Hall–Kier alpha value is -3.62. The van der Waals surface area contributed by atoms with Crippen molar-refractivity contribution in [3.63, 3.8) is 0 Å². The summed E-state index contributed by atoms with van der Waals surface area (Å²) in [5, 5.41) is 2.60. The second-order valence-corrected chi connectivity index (χ2v) is 8.67. The van der Waals surface area contributed by atoms with E-state index in [1.807, 2.05) is 6.07 Å². The zero-order chi connectivity index (χ0) is 24.1. The molecule has 0 atom stereocenters. The zero-order valence-electron chi connectivity index (χ0n) is 17.7. The molecule has 1 aliphatic rings. The molecule has 0 spiro atoms.